The number of nitrogens with two attached hydrogens (primary N) is 1. The molecule has 1 saturated heterocycles. The molecular formula is C24H26N8O2. The Kier molecular flexibility index (Phi) is 5.31. The number of rotatable bonds is 6. The lowest BCUT2D eigenvalue weighted by molar-refractivity contribution is 0.122. The highest BCUT2D eigenvalue weighted by molar-refractivity contribution is 5.94. The first-order chi connectivity index (χ1) is 16.7. The lowest BCUT2D eigenvalue weighted by Gasteiger charge is -2.28. The number of morpholine rings is 1. The zero-order valence-corrected chi connectivity index (χ0v) is 18.7. The third kappa shape index (κ3) is 3.74. The van der Waals surface area contributed by atoms with Crippen LogP contribution >= 0.6 is 0 Å². The number of aliphatic hydroxyl groups excluding tert-OH is 1. The Hall–Kier alpha value is -3.63. The van der Waals surface area contributed by atoms with Crippen LogP contribution in [0.3, 0.4) is 0 Å². The Morgan fingerprint density at radius 2 is 1.88 bits per heavy atom. The molecule has 2 aliphatic carbocycles. The van der Waals surface area contributed by atoms with Crippen molar-refractivity contribution in [1.29, 1.82) is 0 Å². The second-order valence-corrected chi connectivity index (χ2v) is 8.63. The summed E-state index contributed by atoms with van der Waals surface area (Å²) in [5.41, 5.74) is 13.5. The van der Waals surface area contributed by atoms with Crippen LogP contribution in [0.15, 0.2) is 36.3 Å². The van der Waals surface area contributed by atoms with Gasteiger partial charge in [-0.15, -0.1) is 0 Å². The predicted octanol–water partition coefficient (Wildman–Crippen LogP) is 1.65. The minimum absolute atomic E-state index is 0.0658. The normalized spacial score (nSPS) is 19.0. The molecule has 0 aromatic carbocycles. The van der Waals surface area contributed by atoms with Crippen molar-refractivity contribution in [2.24, 2.45) is 0 Å². The molecule has 6 rings (SSSR count). The highest BCUT2D eigenvalue weighted by Gasteiger charge is 2.44. The van der Waals surface area contributed by atoms with Crippen LogP contribution < -0.4 is 16.0 Å². The van der Waals surface area contributed by atoms with E-state index >= 15 is 0 Å². The molecule has 3 aromatic heterocycles. The number of hydrogen-bond acceptors (Lipinski definition) is 10. The van der Waals surface area contributed by atoms with Crippen LogP contribution in [0.4, 0.5) is 17.7 Å². The highest BCUT2D eigenvalue weighted by atomic mass is 16.5. The van der Waals surface area contributed by atoms with Crippen molar-refractivity contribution < 1.29 is 9.84 Å². The molecule has 174 valence electrons. The van der Waals surface area contributed by atoms with E-state index in [0.717, 1.165) is 54.3 Å². The van der Waals surface area contributed by atoms with Gasteiger partial charge in [-0.3, -0.25) is 0 Å². The summed E-state index contributed by atoms with van der Waals surface area (Å²) in [6.45, 7) is 3.39. The second-order valence-electron chi connectivity index (χ2n) is 8.63. The Bertz CT molecular complexity index is 1250. The van der Waals surface area contributed by atoms with E-state index in [-0.39, 0.29) is 18.5 Å². The minimum Gasteiger partial charge on any atom is -0.395 e. The Morgan fingerprint density at radius 1 is 1.09 bits per heavy atom. The van der Waals surface area contributed by atoms with Crippen LogP contribution in [0, 0.1) is 0 Å². The second kappa shape index (κ2) is 8.62. The average molecular weight is 459 g/mol. The molecule has 4 heterocycles. The number of anilines is 3. The first kappa shape index (κ1) is 20.9. The lowest BCUT2D eigenvalue weighted by atomic mass is 9.97. The summed E-state index contributed by atoms with van der Waals surface area (Å²) in [7, 11) is 0. The van der Waals surface area contributed by atoms with Gasteiger partial charge < -0.3 is 25.8 Å². The van der Waals surface area contributed by atoms with Crippen molar-refractivity contribution in [2.45, 2.75) is 18.8 Å². The summed E-state index contributed by atoms with van der Waals surface area (Å²) in [5.74, 6) is 1.97. The van der Waals surface area contributed by atoms with E-state index in [4.69, 9.17) is 25.5 Å². The smallest absolute Gasteiger partial charge is 0.226 e. The van der Waals surface area contributed by atoms with E-state index in [1.54, 1.807) is 12.4 Å². The van der Waals surface area contributed by atoms with Gasteiger partial charge in [-0.2, -0.15) is 0 Å². The van der Waals surface area contributed by atoms with E-state index in [2.05, 4.69) is 37.3 Å². The molecule has 0 bridgehead atoms. The molecule has 0 amide bonds. The monoisotopic (exact) mass is 458 g/mol. The summed E-state index contributed by atoms with van der Waals surface area (Å²) in [4.78, 5) is 25.0. The van der Waals surface area contributed by atoms with Gasteiger partial charge in [0.25, 0.3) is 0 Å². The number of nitrogens with one attached hydrogen (secondary N) is 1. The molecule has 0 radical (unpaired) electrons. The standard InChI is InChI=1S/C24H26N8O2/c25-23-28-12-15(13-29-23)21-17-2-1-16-19(14-3-4-26-18(11-14)27-5-8-33)20(16)22(17)31-24(30-21)32-6-9-34-10-7-32/h3-4,11-13,19,33H,1-2,5-10H2,(H,26,27)(H2,25,28,29). The van der Waals surface area contributed by atoms with Crippen molar-refractivity contribution in [3.63, 3.8) is 0 Å². The molecule has 10 heteroatoms. The Morgan fingerprint density at radius 3 is 2.68 bits per heavy atom. The maximum Gasteiger partial charge on any atom is 0.226 e. The van der Waals surface area contributed by atoms with Crippen LogP contribution in [-0.4, -0.2) is 69.5 Å². The largest absolute Gasteiger partial charge is 0.395 e. The zero-order valence-electron chi connectivity index (χ0n) is 18.7. The highest BCUT2D eigenvalue weighted by Crippen LogP contribution is 2.59. The number of hydrogen-bond donors (Lipinski definition) is 3. The van der Waals surface area contributed by atoms with Crippen molar-refractivity contribution in [3.8, 4) is 11.3 Å². The lowest BCUT2D eigenvalue weighted by Crippen LogP contribution is -2.37. The number of allylic oxidation sites excluding steroid dienone is 2. The van der Waals surface area contributed by atoms with Gasteiger partial charge in [-0.05, 0) is 36.1 Å². The molecule has 3 aromatic rings. The molecule has 4 N–H and O–H groups in total. The molecular weight excluding hydrogens is 432 g/mol. The van der Waals surface area contributed by atoms with Crippen LogP contribution in [0.25, 0.3) is 16.8 Å². The van der Waals surface area contributed by atoms with Crippen molar-refractivity contribution in [2.75, 3.05) is 55.4 Å². The minimum atomic E-state index is 0.0658. The molecule has 0 spiro atoms. The Labute approximate surface area is 197 Å². The van der Waals surface area contributed by atoms with Crippen LogP contribution in [0.5, 0.6) is 0 Å². The number of pyridine rings is 1. The molecule has 10 nitrogen and oxygen atoms in total. The maximum absolute atomic E-state index is 9.12. The fraction of sp³-hybridized carbons (Fsp3) is 0.375. The molecule has 1 fully saturated rings. The van der Waals surface area contributed by atoms with Crippen LogP contribution in [0.2, 0.25) is 0 Å². The summed E-state index contributed by atoms with van der Waals surface area (Å²) in [6, 6.07) is 4.13. The molecule has 1 atom stereocenters. The molecule has 0 saturated carbocycles. The fourth-order valence-corrected chi connectivity index (χ4v) is 4.90. The zero-order chi connectivity index (χ0) is 23.1. The third-order valence-electron chi connectivity index (χ3n) is 6.57. The number of aromatic nitrogens is 5. The summed E-state index contributed by atoms with van der Waals surface area (Å²) in [6.07, 6.45) is 7.14. The van der Waals surface area contributed by atoms with Gasteiger partial charge in [0.1, 0.15) is 5.82 Å². The molecule has 34 heavy (non-hydrogen) atoms. The van der Waals surface area contributed by atoms with E-state index in [1.165, 1.54) is 16.7 Å². The van der Waals surface area contributed by atoms with Crippen LogP contribution in [-0.2, 0) is 11.2 Å². The molecule has 1 aliphatic heterocycles. The summed E-state index contributed by atoms with van der Waals surface area (Å²) in [5, 5.41) is 12.3. The number of aliphatic hydroxyl groups is 1. The molecule has 3 aliphatic rings. The summed E-state index contributed by atoms with van der Waals surface area (Å²) < 4.78 is 5.54. The summed E-state index contributed by atoms with van der Waals surface area (Å²) >= 11 is 0. The predicted molar refractivity (Wildman–Crippen MR) is 128 cm³/mol. The van der Waals surface area contributed by atoms with Gasteiger partial charge in [0.15, 0.2) is 0 Å². The van der Waals surface area contributed by atoms with E-state index in [1.807, 2.05) is 6.20 Å². The van der Waals surface area contributed by atoms with Gasteiger partial charge in [-0.1, -0.05) is 5.57 Å². The quantitative estimate of drug-likeness (QED) is 0.500. The van der Waals surface area contributed by atoms with Gasteiger partial charge in [-0.25, -0.2) is 24.9 Å². The van der Waals surface area contributed by atoms with E-state index in [9.17, 15) is 0 Å². The van der Waals surface area contributed by atoms with Crippen molar-refractivity contribution in [1.82, 2.24) is 24.9 Å². The number of nitrogen functional groups attached to an aromatic ring is 1. The van der Waals surface area contributed by atoms with E-state index in [0.29, 0.717) is 25.7 Å². The first-order valence-electron chi connectivity index (χ1n) is 11.6. The maximum atomic E-state index is 9.12. The number of fused-ring (bicyclic) bond motifs is 2. The SMILES string of the molecule is Nc1ncc(-c2nc(N3CCOCC3)nc3c2CCC2=C3C2c2ccnc(NCCO)c2)cn1. The van der Waals surface area contributed by atoms with Gasteiger partial charge in [0.05, 0.1) is 31.2 Å². The third-order valence-corrected chi connectivity index (χ3v) is 6.57. The fourth-order valence-electron chi connectivity index (χ4n) is 4.90. The van der Waals surface area contributed by atoms with Crippen molar-refractivity contribution in [3.05, 3.63) is 53.1 Å². The number of nitrogens with zero attached hydrogens (tertiary/aromatic N) is 6. The van der Waals surface area contributed by atoms with Crippen molar-refractivity contribution >= 4 is 23.3 Å². The Balaban J connectivity index is 1.40. The van der Waals surface area contributed by atoms with Gasteiger partial charge >= 0.3 is 0 Å². The topological polar surface area (TPSA) is 135 Å². The van der Waals surface area contributed by atoms with E-state index < -0.39 is 0 Å². The number of ether oxygens (including phenoxy) is 1. The van der Waals surface area contributed by atoms with Crippen LogP contribution in [0.1, 0.15) is 29.2 Å². The van der Waals surface area contributed by atoms with Gasteiger partial charge in [0.2, 0.25) is 11.9 Å². The first-order valence-corrected chi connectivity index (χ1v) is 11.6. The van der Waals surface area contributed by atoms with Gasteiger partial charge in [0, 0.05) is 55.3 Å². The molecule has 1 unspecified atom stereocenters. The average Bonchev–Trinajstić information content (AvgIpc) is 3.63.